The van der Waals surface area contributed by atoms with E-state index in [1.54, 1.807) is 47.4 Å². The zero-order chi connectivity index (χ0) is 23.4. The minimum absolute atomic E-state index is 0.215. The molecular weight excluding hydrogens is 457 g/mol. The highest BCUT2D eigenvalue weighted by Crippen LogP contribution is 2.26. The molecule has 0 unspecified atom stereocenters. The normalized spacial score (nSPS) is 10.8. The molecule has 0 spiro atoms. The number of aryl methyl sites for hydroxylation is 2. The van der Waals surface area contributed by atoms with Crippen molar-refractivity contribution in [3.8, 4) is 5.75 Å². The van der Waals surface area contributed by atoms with Crippen LogP contribution in [0.5, 0.6) is 5.75 Å². The van der Waals surface area contributed by atoms with Crippen LogP contribution in [0.4, 0.5) is 5.69 Å². The van der Waals surface area contributed by atoms with Gasteiger partial charge in [0.2, 0.25) is 0 Å². The molecule has 0 aliphatic heterocycles. The lowest BCUT2D eigenvalue weighted by atomic mass is 10.1. The molecule has 0 saturated carbocycles. The predicted molar refractivity (Wildman–Crippen MR) is 132 cm³/mol. The first kappa shape index (κ1) is 22.9. The van der Waals surface area contributed by atoms with Crippen LogP contribution in [-0.2, 0) is 13.2 Å². The quantitative estimate of drug-likeness (QED) is 0.321. The van der Waals surface area contributed by atoms with E-state index < -0.39 is 0 Å². The number of nitrogens with zero attached hydrogens (tertiary/aromatic N) is 2. The van der Waals surface area contributed by atoms with E-state index >= 15 is 0 Å². The maximum absolute atomic E-state index is 12.6. The van der Waals surface area contributed by atoms with Gasteiger partial charge in [-0.2, -0.15) is 5.10 Å². The molecule has 0 fully saturated rings. The van der Waals surface area contributed by atoms with Crippen LogP contribution in [-0.4, -0.2) is 15.7 Å². The molecule has 168 valence electrons. The van der Waals surface area contributed by atoms with Crippen LogP contribution in [0.1, 0.15) is 32.6 Å². The topological polar surface area (TPSA) is 56.1 Å². The summed E-state index contributed by atoms with van der Waals surface area (Å²) in [6, 6.07) is 18.8. The molecule has 0 saturated heterocycles. The standard InChI is InChI=1S/C26H23Cl2N3O2/c1-17-5-3-6-18(2)25(17)33-16-19-9-11-20(12-10-19)26(32)30-21-13-29-31(14-21)15-22-23(27)7-4-8-24(22)28/h3-14H,15-16H2,1-2H3,(H,30,32). The van der Waals surface area contributed by atoms with Crippen LogP contribution in [0, 0.1) is 13.8 Å². The third-order valence-electron chi connectivity index (χ3n) is 5.28. The number of carbonyl (C=O) groups is 1. The number of hydrogen-bond acceptors (Lipinski definition) is 3. The van der Waals surface area contributed by atoms with Crippen molar-refractivity contribution < 1.29 is 9.53 Å². The number of anilines is 1. The van der Waals surface area contributed by atoms with E-state index in [1.807, 2.05) is 44.2 Å². The molecule has 4 aromatic rings. The highest BCUT2D eigenvalue weighted by Gasteiger charge is 2.11. The first-order chi connectivity index (χ1) is 15.9. The number of para-hydroxylation sites is 1. The molecule has 33 heavy (non-hydrogen) atoms. The van der Waals surface area contributed by atoms with E-state index in [0.29, 0.717) is 34.4 Å². The van der Waals surface area contributed by atoms with E-state index in [-0.39, 0.29) is 5.91 Å². The van der Waals surface area contributed by atoms with Crippen LogP contribution < -0.4 is 10.1 Å². The third kappa shape index (κ3) is 5.56. The number of halogens is 2. The van der Waals surface area contributed by atoms with E-state index in [4.69, 9.17) is 27.9 Å². The molecule has 0 aliphatic carbocycles. The Hall–Kier alpha value is -3.28. The molecular formula is C26H23Cl2N3O2. The zero-order valence-electron chi connectivity index (χ0n) is 18.3. The van der Waals surface area contributed by atoms with Gasteiger partial charge in [0.15, 0.2) is 0 Å². The molecule has 1 amide bonds. The van der Waals surface area contributed by atoms with E-state index in [0.717, 1.165) is 28.0 Å². The van der Waals surface area contributed by atoms with Gasteiger partial charge < -0.3 is 10.1 Å². The van der Waals surface area contributed by atoms with E-state index in [1.165, 1.54) is 0 Å². The number of ether oxygens (including phenoxy) is 1. The number of aromatic nitrogens is 2. The fraction of sp³-hybridized carbons (Fsp3) is 0.154. The minimum Gasteiger partial charge on any atom is -0.488 e. The molecule has 5 nitrogen and oxygen atoms in total. The second kappa shape index (κ2) is 10.1. The first-order valence-corrected chi connectivity index (χ1v) is 11.2. The van der Waals surface area contributed by atoms with Crippen molar-refractivity contribution in [1.82, 2.24) is 9.78 Å². The van der Waals surface area contributed by atoms with Crippen molar-refractivity contribution in [2.45, 2.75) is 27.0 Å². The van der Waals surface area contributed by atoms with Gasteiger partial charge in [0.05, 0.1) is 18.4 Å². The Balaban J connectivity index is 1.36. The summed E-state index contributed by atoms with van der Waals surface area (Å²) in [5, 5.41) is 8.30. The van der Waals surface area contributed by atoms with Gasteiger partial charge in [0, 0.05) is 27.4 Å². The molecule has 7 heteroatoms. The molecule has 1 heterocycles. The fourth-order valence-corrected chi connectivity index (χ4v) is 4.01. The van der Waals surface area contributed by atoms with Gasteiger partial charge >= 0.3 is 0 Å². The van der Waals surface area contributed by atoms with Gasteiger partial charge in [-0.05, 0) is 54.8 Å². The maximum Gasteiger partial charge on any atom is 0.255 e. The Morgan fingerprint density at radius 3 is 2.27 bits per heavy atom. The summed E-state index contributed by atoms with van der Waals surface area (Å²) in [6.07, 6.45) is 3.33. The predicted octanol–water partition coefficient (Wildman–Crippen LogP) is 6.69. The average Bonchev–Trinajstić information content (AvgIpc) is 3.23. The van der Waals surface area contributed by atoms with Crippen LogP contribution in [0.25, 0.3) is 0 Å². The number of hydrogen-bond donors (Lipinski definition) is 1. The van der Waals surface area contributed by atoms with Crippen molar-refractivity contribution in [3.63, 3.8) is 0 Å². The SMILES string of the molecule is Cc1cccc(C)c1OCc1ccc(C(=O)Nc2cnn(Cc3c(Cl)cccc3Cl)c2)cc1. The highest BCUT2D eigenvalue weighted by molar-refractivity contribution is 6.35. The zero-order valence-corrected chi connectivity index (χ0v) is 19.8. The summed E-state index contributed by atoms with van der Waals surface area (Å²) >= 11 is 12.5. The van der Waals surface area contributed by atoms with Crippen molar-refractivity contribution >= 4 is 34.8 Å². The monoisotopic (exact) mass is 479 g/mol. The fourth-order valence-electron chi connectivity index (χ4n) is 3.50. The molecule has 0 atom stereocenters. The van der Waals surface area contributed by atoms with E-state index in [2.05, 4.69) is 10.4 Å². The minimum atomic E-state index is -0.215. The number of benzene rings is 3. The van der Waals surface area contributed by atoms with Crippen molar-refractivity contribution in [3.05, 3.63) is 111 Å². The van der Waals surface area contributed by atoms with Crippen molar-refractivity contribution in [1.29, 1.82) is 0 Å². The molecule has 0 aliphatic rings. The Morgan fingerprint density at radius 2 is 1.61 bits per heavy atom. The second-order valence-corrected chi connectivity index (χ2v) is 8.60. The molecule has 1 N–H and O–H groups in total. The number of nitrogens with one attached hydrogen (secondary N) is 1. The molecule has 1 aromatic heterocycles. The van der Waals surface area contributed by atoms with Gasteiger partial charge in [-0.15, -0.1) is 0 Å². The lowest BCUT2D eigenvalue weighted by Crippen LogP contribution is -2.11. The summed E-state index contributed by atoms with van der Waals surface area (Å²) in [7, 11) is 0. The number of amides is 1. The summed E-state index contributed by atoms with van der Waals surface area (Å²) in [5.41, 5.74) is 5.10. The number of rotatable bonds is 7. The van der Waals surface area contributed by atoms with Gasteiger partial charge in [0.25, 0.3) is 5.91 Å². The summed E-state index contributed by atoms with van der Waals surface area (Å²) in [6.45, 7) is 4.90. The van der Waals surface area contributed by atoms with Crippen LogP contribution in [0.2, 0.25) is 10.0 Å². The Morgan fingerprint density at radius 1 is 0.970 bits per heavy atom. The van der Waals surface area contributed by atoms with Gasteiger partial charge in [-0.1, -0.05) is 59.6 Å². The maximum atomic E-state index is 12.6. The number of carbonyl (C=O) groups excluding carboxylic acids is 1. The average molecular weight is 480 g/mol. The first-order valence-electron chi connectivity index (χ1n) is 10.5. The van der Waals surface area contributed by atoms with Crippen LogP contribution in [0.15, 0.2) is 73.1 Å². The smallest absolute Gasteiger partial charge is 0.255 e. The van der Waals surface area contributed by atoms with Crippen molar-refractivity contribution in [2.75, 3.05) is 5.32 Å². The Labute approximate surface area is 202 Å². The summed E-state index contributed by atoms with van der Waals surface area (Å²) < 4.78 is 7.66. The Bertz CT molecular complexity index is 1240. The highest BCUT2D eigenvalue weighted by atomic mass is 35.5. The molecule has 0 radical (unpaired) electrons. The van der Waals surface area contributed by atoms with Gasteiger partial charge in [-0.25, -0.2) is 0 Å². The third-order valence-corrected chi connectivity index (χ3v) is 5.99. The summed E-state index contributed by atoms with van der Waals surface area (Å²) in [4.78, 5) is 12.6. The lowest BCUT2D eigenvalue weighted by molar-refractivity contribution is 0.102. The molecule has 0 bridgehead atoms. The van der Waals surface area contributed by atoms with Crippen LogP contribution >= 0.6 is 23.2 Å². The summed E-state index contributed by atoms with van der Waals surface area (Å²) in [5.74, 6) is 0.682. The van der Waals surface area contributed by atoms with Gasteiger partial charge in [-0.3, -0.25) is 9.48 Å². The largest absolute Gasteiger partial charge is 0.488 e. The lowest BCUT2D eigenvalue weighted by Gasteiger charge is -2.12. The van der Waals surface area contributed by atoms with E-state index in [9.17, 15) is 4.79 Å². The van der Waals surface area contributed by atoms with Crippen molar-refractivity contribution in [2.24, 2.45) is 0 Å². The second-order valence-electron chi connectivity index (χ2n) is 7.79. The molecule has 3 aromatic carbocycles. The van der Waals surface area contributed by atoms with Crippen LogP contribution in [0.3, 0.4) is 0 Å². The Kier molecular flexibility index (Phi) is 7.02. The van der Waals surface area contributed by atoms with Gasteiger partial charge in [0.1, 0.15) is 12.4 Å². The molecule has 4 rings (SSSR count).